The van der Waals surface area contributed by atoms with Crippen LogP contribution in [0.1, 0.15) is 30.1 Å². The first-order valence-electron chi connectivity index (χ1n) is 6.21. The van der Waals surface area contributed by atoms with Crippen molar-refractivity contribution < 1.29 is 14.6 Å². The summed E-state index contributed by atoms with van der Waals surface area (Å²) in [6.45, 7) is 4.47. The van der Waals surface area contributed by atoms with E-state index in [2.05, 4.69) is 17.2 Å². The van der Waals surface area contributed by atoms with Gasteiger partial charge in [0, 0.05) is 26.0 Å². The highest BCUT2D eigenvalue weighted by Gasteiger charge is 2.27. The van der Waals surface area contributed by atoms with E-state index in [1.807, 2.05) is 0 Å². The van der Waals surface area contributed by atoms with Gasteiger partial charge in [0.05, 0.1) is 10.6 Å². The molecule has 0 unspecified atom stereocenters. The number of carbonyl (C=O) groups is 1. The summed E-state index contributed by atoms with van der Waals surface area (Å²) in [4.78, 5) is 15.1. The minimum absolute atomic E-state index is 0.0660. The van der Waals surface area contributed by atoms with E-state index >= 15 is 0 Å². The lowest BCUT2D eigenvalue weighted by atomic mass is 9.82. The molecule has 1 aliphatic rings. The average molecular weight is 285 g/mol. The van der Waals surface area contributed by atoms with Crippen molar-refractivity contribution in [3.05, 3.63) is 22.8 Å². The summed E-state index contributed by atoms with van der Waals surface area (Å²) in [5, 5.41) is 12.3. The molecule has 0 radical (unpaired) electrons. The molecule has 0 amide bonds. The highest BCUT2D eigenvalue weighted by molar-refractivity contribution is 6.33. The van der Waals surface area contributed by atoms with Crippen molar-refractivity contribution in [2.75, 3.05) is 25.1 Å². The third-order valence-corrected chi connectivity index (χ3v) is 3.78. The molecule has 0 aliphatic carbocycles. The largest absolute Gasteiger partial charge is 0.478 e. The van der Waals surface area contributed by atoms with E-state index in [-0.39, 0.29) is 16.0 Å². The number of hydrogen-bond donors (Lipinski definition) is 2. The zero-order valence-corrected chi connectivity index (χ0v) is 11.5. The van der Waals surface area contributed by atoms with Crippen molar-refractivity contribution in [3.8, 4) is 0 Å². The summed E-state index contributed by atoms with van der Waals surface area (Å²) in [6, 6.07) is 1.47. The number of anilines is 1. The van der Waals surface area contributed by atoms with Gasteiger partial charge in [0.15, 0.2) is 0 Å². The van der Waals surface area contributed by atoms with Gasteiger partial charge in [0.1, 0.15) is 5.82 Å². The topological polar surface area (TPSA) is 71.5 Å². The van der Waals surface area contributed by atoms with E-state index < -0.39 is 5.97 Å². The van der Waals surface area contributed by atoms with E-state index in [9.17, 15) is 4.79 Å². The number of halogens is 1. The Balaban J connectivity index is 2.03. The summed E-state index contributed by atoms with van der Waals surface area (Å²) in [5.41, 5.74) is 0.222. The Morgan fingerprint density at radius 3 is 2.89 bits per heavy atom. The molecule has 1 fully saturated rings. The zero-order valence-electron chi connectivity index (χ0n) is 10.8. The average Bonchev–Trinajstić information content (AvgIpc) is 2.38. The fourth-order valence-corrected chi connectivity index (χ4v) is 2.23. The van der Waals surface area contributed by atoms with Gasteiger partial charge in [0.2, 0.25) is 0 Å². The molecule has 6 heteroatoms. The molecule has 0 bridgehead atoms. The molecule has 2 N–H and O–H groups in total. The second-order valence-electron chi connectivity index (χ2n) is 5.13. The van der Waals surface area contributed by atoms with Gasteiger partial charge in [-0.3, -0.25) is 0 Å². The number of rotatable bonds is 4. The van der Waals surface area contributed by atoms with Gasteiger partial charge in [-0.2, -0.15) is 0 Å². The zero-order chi connectivity index (χ0) is 13.9. The van der Waals surface area contributed by atoms with E-state index in [1.54, 1.807) is 0 Å². The van der Waals surface area contributed by atoms with Crippen LogP contribution >= 0.6 is 11.6 Å². The van der Waals surface area contributed by atoms with E-state index in [1.165, 1.54) is 12.3 Å². The van der Waals surface area contributed by atoms with Gasteiger partial charge in [-0.15, -0.1) is 0 Å². The molecule has 1 aliphatic heterocycles. The maximum Gasteiger partial charge on any atom is 0.337 e. The van der Waals surface area contributed by atoms with Gasteiger partial charge in [0.25, 0.3) is 0 Å². The van der Waals surface area contributed by atoms with Crippen LogP contribution in [0.3, 0.4) is 0 Å². The molecule has 19 heavy (non-hydrogen) atoms. The van der Waals surface area contributed by atoms with Crippen LogP contribution in [-0.4, -0.2) is 35.8 Å². The summed E-state index contributed by atoms with van der Waals surface area (Å²) >= 11 is 5.78. The number of aromatic nitrogens is 1. The van der Waals surface area contributed by atoms with Crippen LogP contribution < -0.4 is 5.32 Å². The van der Waals surface area contributed by atoms with Crippen molar-refractivity contribution >= 4 is 23.4 Å². The fraction of sp³-hybridized carbons (Fsp3) is 0.538. The molecule has 1 saturated heterocycles. The first kappa shape index (κ1) is 14.1. The number of aromatic carboxylic acids is 1. The Labute approximate surface area is 116 Å². The molecule has 0 spiro atoms. The lowest BCUT2D eigenvalue weighted by Gasteiger charge is -2.33. The minimum atomic E-state index is -1.05. The monoisotopic (exact) mass is 284 g/mol. The quantitative estimate of drug-likeness (QED) is 0.889. The maximum atomic E-state index is 11.0. The number of carboxylic acids is 1. The predicted octanol–water partition coefficient (Wildman–Crippen LogP) is 2.66. The first-order valence-corrected chi connectivity index (χ1v) is 6.58. The number of nitrogens with one attached hydrogen (secondary N) is 1. The Hall–Kier alpha value is -1.33. The summed E-state index contributed by atoms with van der Waals surface area (Å²) < 4.78 is 5.34. The molecule has 2 heterocycles. The second-order valence-corrected chi connectivity index (χ2v) is 5.54. The number of carboxylic acid groups (broad SMARTS) is 1. The van der Waals surface area contributed by atoms with Gasteiger partial charge < -0.3 is 15.2 Å². The molecule has 0 atom stereocenters. The molecule has 2 rings (SSSR count). The highest BCUT2D eigenvalue weighted by atomic mass is 35.5. The summed E-state index contributed by atoms with van der Waals surface area (Å²) in [6.07, 6.45) is 3.33. The number of pyridine rings is 1. The van der Waals surface area contributed by atoms with E-state index in [0.717, 1.165) is 32.6 Å². The van der Waals surface area contributed by atoms with E-state index in [0.29, 0.717) is 5.82 Å². The summed E-state index contributed by atoms with van der Waals surface area (Å²) in [5.74, 6) is -0.512. The Kier molecular flexibility index (Phi) is 4.27. The van der Waals surface area contributed by atoms with Crippen LogP contribution in [0.5, 0.6) is 0 Å². The third-order valence-electron chi connectivity index (χ3n) is 3.48. The van der Waals surface area contributed by atoms with Crippen molar-refractivity contribution in [3.63, 3.8) is 0 Å². The molecule has 104 valence electrons. The predicted molar refractivity (Wildman–Crippen MR) is 72.9 cm³/mol. The number of hydrogen-bond acceptors (Lipinski definition) is 4. The molecule has 0 saturated carbocycles. The molecule has 0 aromatic carbocycles. The first-order chi connectivity index (χ1) is 9.00. The molecule has 5 nitrogen and oxygen atoms in total. The molecular formula is C13H17ClN2O3. The lowest BCUT2D eigenvalue weighted by molar-refractivity contribution is 0.0300. The molecule has 1 aromatic heterocycles. The van der Waals surface area contributed by atoms with Crippen LogP contribution in [0, 0.1) is 5.41 Å². The van der Waals surface area contributed by atoms with Crippen molar-refractivity contribution in [2.24, 2.45) is 5.41 Å². The number of ether oxygens (including phenoxy) is 1. The minimum Gasteiger partial charge on any atom is -0.478 e. The summed E-state index contributed by atoms with van der Waals surface area (Å²) in [7, 11) is 0. The Morgan fingerprint density at radius 2 is 2.26 bits per heavy atom. The van der Waals surface area contributed by atoms with E-state index in [4.69, 9.17) is 21.4 Å². The normalized spacial score (nSPS) is 18.0. The van der Waals surface area contributed by atoms with Gasteiger partial charge in [-0.05, 0) is 24.3 Å². The molecule has 1 aromatic rings. The van der Waals surface area contributed by atoms with Gasteiger partial charge in [-0.25, -0.2) is 9.78 Å². The van der Waals surface area contributed by atoms with Crippen molar-refractivity contribution in [1.82, 2.24) is 4.98 Å². The molecular weight excluding hydrogens is 268 g/mol. The standard InChI is InChI=1S/C13H17ClN2O3/c1-13(2-4-19-5-3-13)8-16-11-6-9(12(17)18)10(14)7-15-11/h6-7H,2-5,8H2,1H3,(H,15,16)(H,17,18). The van der Waals surface area contributed by atoms with Crippen LogP contribution in [-0.2, 0) is 4.74 Å². The SMILES string of the molecule is CC1(CNc2cc(C(=O)O)c(Cl)cn2)CCOCC1. The smallest absolute Gasteiger partial charge is 0.337 e. The van der Waals surface area contributed by atoms with Gasteiger partial charge in [-0.1, -0.05) is 18.5 Å². The van der Waals surface area contributed by atoms with Crippen LogP contribution in [0.15, 0.2) is 12.3 Å². The highest BCUT2D eigenvalue weighted by Crippen LogP contribution is 2.30. The Morgan fingerprint density at radius 1 is 1.58 bits per heavy atom. The van der Waals surface area contributed by atoms with Crippen LogP contribution in [0.2, 0.25) is 5.02 Å². The third kappa shape index (κ3) is 3.58. The van der Waals surface area contributed by atoms with Crippen LogP contribution in [0.25, 0.3) is 0 Å². The van der Waals surface area contributed by atoms with Crippen molar-refractivity contribution in [1.29, 1.82) is 0 Å². The van der Waals surface area contributed by atoms with Gasteiger partial charge >= 0.3 is 5.97 Å². The second kappa shape index (κ2) is 5.75. The maximum absolute atomic E-state index is 11.0. The fourth-order valence-electron chi connectivity index (χ4n) is 2.04. The van der Waals surface area contributed by atoms with Crippen molar-refractivity contribution in [2.45, 2.75) is 19.8 Å². The lowest BCUT2D eigenvalue weighted by Crippen LogP contribution is -2.33. The Bertz CT molecular complexity index is 473. The van der Waals surface area contributed by atoms with Crippen LogP contribution in [0.4, 0.5) is 5.82 Å². The number of nitrogens with zero attached hydrogens (tertiary/aromatic N) is 1.